The first-order chi connectivity index (χ1) is 10.1. The number of aryl methyl sites for hydroxylation is 1. The van der Waals surface area contributed by atoms with Crippen molar-refractivity contribution in [1.82, 2.24) is 14.9 Å². The van der Waals surface area contributed by atoms with Gasteiger partial charge in [0.05, 0.1) is 17.1 Å². The zero-order valence-electron chi connectivity index (χ0n) is 12.7. The number of imidazole rings is 1. The highest BCUT2D eigenvalue weighted by molar-refractivity contribution is 7.07. The molecule has 0 aliphatic carbocycles. The number of para-hydroxylation sites is 2. The molecule has 0 bridgehead atoms. The van der Waals surface area contributed by atoms with Gasteiger partial charge in [-0.3, -0.25) is 0 Å². The van der Waals surface area contributed by atoms with E-state index in [9.17, 15) is 0 Å². The summed E-state index contributed by atoms with van der Waals surface area (Å²) in [7, 11) is 2.09. The van der Waals surface area contributed by atoms with Crippen LogP contribution in [0.5, 0.6) is 0 Å². The van der Waals surface area contributed by atoms with E-state index in [0.717, 1.165) is 17.8 Å². The summed E-state index contributed by atoms with van der Waals surface area (Å²) < 4.78 is 2.18. The molecule has 0 fully saturated rings. The molecular weight excluding hydrogens is 278 g/mol. The Hall–Kier alpha value is -1.65. The Kier molecular flexibility index (Phi) is 4.08. The lowest BCUT2D eigenvalue weighted by Crippen LogP contribution is -2.31. The van der Waals surface area contributed by atoms with Gasteiger partial charge in [0.1, 0.15) is 5.82 Å². The fourth-order valence-electron chi connectivity index (χ4n) is 2.87. The third kappa shape index (κ3) is 3.01. The van der Waals surface area contributed by atoms with Crippen LogP contribution in [0.3, 0.4) is 0 Å². The maximum absolute atomic E-state index is 4.76. The number of rotatable bonds is 5. The Morgan fingerprint density at radius 2 is 2.05 bits per heavy atom. The van der Waals surface area contributed by atoms with Crippen LogP contribution in [0.2, 0.25) is 0 Å². The van der Waals surface area contributed by atoms with E-state index in [1.165, 1.54) is 11.1 Å². The van der Waals surface area contributed by atoms with E-state index in [-0.39, 0.29) is 6.04 Å². The van der Waals surface area contributed by atoms with E-state index < -0.39 is 0 Å². The zero-order chi connectivity index (χ0) is 14.8. The summed E-state index contributed by atoms with van der Waals surface area (Å²) in [6.07, 6.45) is 1.05. The molecule has 3 rings (SSSR count). The second-order valence-corrected chi connectivity index (χ2v) is 6.42. The number of benzene rings is 1. The molecule has 0 aliphatic rings. The van der Waals surface area contributed by atoms with E-state index in [0.29, 0.717) is 6.04 Å². The van der Waals surface area contributed by atoms with Crippen molar-refractivity contribution in [3.63, 3.8) is 0 Å². The van der Waals surface area contributed by atoms with Gasteiger partial charge in [-0.2, -0.15) is 11.3 Å². The summed E-state index contributed by atoms with van der Waals surface area (Å²) in [5.41, 5.74) is 3.65. The number of aromatic nitrogens is 2. The van der Waals surface area contributed by atoms with Gasteiger partial charge in [-0.25, -0.2) is 4.98 Å². The third-order valence-electron chi connectivity index (χ3n) is 3.87. The van der Waals surface area contributed by atoms with Crippen molar-refractivity contribution in [3.8, 4) is 0 Å². The molecule has 1 N–H and O–H groups in total. The van der Waals surface area contributed by atoms with Gasteiger partial charge in [0, 0.05) is 13.1 Å². The summed E-state index contributed by atoms with van der Waals surface area (Å²) in [4.78, 5) is 4.76. The lowest BCUT2D eigenvalue weighted by Gasteiger charge is -2.19. The summed E-state index contributed by atoms with van der Waals surface area (Å²) in [6.45, 7) is 4.42. The molecule has 0 saturated carbocycles. The molecule has 0 saturated heterocycles. The zero-order valence-corrected chi connectivity index (χ0v) is 13.5. The Bertz CT molecular complexity index is 715. The Balaban J connectivity index is 1.74. The largest absolute Gasteiger partial charge is 0.330 e. The minimum Gasteiger partial charge on any atom is -0.330 e. The summed E-state index contributed by atoms with van der Waals surface area (Å²) >= 11 is 1.76. The monoisotopic (exact) mass is 299 g/mol. The van der Waals surface area contributed by atoms with Gasteiger partial charge in [-0.05, 0) is 54.8 Å². The van der Waals surface area contributed by atoms with Gasteiger partial charge in [-0.15, -0.1) is 0 Å². The molecule has 3 aromatic rings. The van der Waals surface area contributed by atoms with Crippen LogP contribution in [0.15, 0.2) is 41.1 Å². The molecule has 0 aliphatic heterocycles. The number of hydrogen-bond acceptors (Lipinski definition) is 3. The highest BCUT2D eigenvalue weighted by atomic mass is 32.1. The Morgan fingerprint density at radius 1 is 1.24 bits per heavy atom. The third-order valence-corrected chi connectivity index (χ3v) is 4.60. The van der Waals surface area contributed by atoms with Crippen LogP contribution in [-0.4, -0.2) is 15.6 Å². The van der Waals surface area contributed by atoms with Crippen molar-refractivity contribution >= 4 is 22.4 Å². The first-order valence-corrected chi connectivity index (χ1v) is 8.28. The molecule has 0 radical (unpaired) electrons. The Labute approximate surface area is 129 Å². The minimum absolute atomic E-state index is 0.232. The average Bonchev–Trinajstić information content (AvgIpc) is 3.07. The van der Waals surface area contributed by atoms with Gasteiger partial charge in [-0.1, -0.05) is 12.1 Å². The van der Waals surface area contributed by atoms with Gasteiger partial charge in [0.2, 0.25) is 0 Å². The second-order valence-electron chi connectivity index (χ2n) is 5.64. The number of fused-ring (bicyclic) bond motifs is 1. The lowest BCUT2D eigenvalue weighted by atomic mass is 10.1. The van der Waals surface area contributed by atoms with Crippen LogP contribution in [0, 0.1) is 0 Å². The Morgan fingerprint density at radius 3 is 2.76 bits per heavy atom. The number of nitrogens with one attached hydrogen (secondary N) is 1. The van der Waals surface area contributed by atoms with E-state index in [1.54, 1.807) is 11.3 Å². The highest BCUT2D eigenvalue weighted by Gasteiger charge is 2.16. The van der Waals surface area contributed by atoms with E-state index in [4.69, 9.17) is 4.98 Å². The predicted octanol–water partition coefficient (Wildman–Crippen LogP) is 3.92. The average molecular weight is 299 g/mol. The van der Waals surface area contributed by atoms with Gasteiger partial charge >= 0.3 is 0 Å². The number of nitrogens with zero attached hydrogens (tertiary/aromatic N) is 2. The first-order valence-electron chi connectivity index (χ1n) is 7.33. The van der Waals surface area contributed by atoms with Crippen LogP contribution in [0.1, 0.15) is 31.3 Å². The molecule has 110 valence electrons. The van der Waals surface area contributed by atoms with Crippen LogP contribution in [-0.2, 0) is 13.5 Å². The number of hydrogen-bond donors (Lipinski definition) is 1. The maximum Gasteiger partial charge on any atom is 0.126 e. The van der Waals surface area contributed by atoms with Gasteiger partial charge < -0.3 is 9.88 Å². The van der Waals surface area contributed by atoms with Crippen molar-refractivity contribution in [3.05, 3.63) is 52.5 Å². The molecule has 1 aromatic carbocycles. The van der Waals surface area contributed by atoms with Crippen molar-refractivity contribution in [2.75, 3.05) is 0 Å². The van der Waals surface area contributed by atoms with Crippen molar-refractivity contribution < 1.29 is 0 Å². The van der Waals surface area contributed by atoms with Gasteiger partial charge in [0.15, 0.2) is 0 Å². The van der Waals surface area contributed by atoms with E-state index in [2.05, 4.69) is 65.8 Å². The van der Waals surface area contributed by atoms with Crippen LogP contribution < -0.4 is 5.32 Å². The fraction of sp³-hybridized carbons (Fsp3) is 0.353. The molecule has 4 heteroatoms. The summed E-state index contributed by atoms with van der Waals surface area (Å²) in [5, 5.41) is 8.01. The summed E-state index contributed by atoms with van der Waals surface area (Å²) in [6, 6.07) is 11.1. The first kappa shape index (κ1) is 14.3. The molecule has 2 unspecified atom stereocenters. The predicted molar refractivity (Wildman–Crippen MR) is 89.7 cm³/mol. The second kappa shape index (κ2) is 6.00. The molecule has 0 spiro atoms. The fourth-order valence-corrected chi connectivity index (χ4v) is 3.56. The topological polar surface area (TPSA) is 29.9 Å². The molecule has 0 amide bonds. The summed E-state index contributed by atoms with van der Waals surface area (Å²) in [5.74, 6) is 1.09. The maximum atomic E-state index is 4.76. The van der Waals surface area contributed by atoms with Crippen LogP contribution >= 0.6 is 11.3 Å². The minimum atomic E-state index is 0.232. The van der Waals surface area contributed by atoms with E-state index in [1.807, 2.05) is 6.07 Å². The lowest BCUT2D eigenvalue weighted by molar-refractivity contribution is 0.455. The molecule has 21 heavy (non-hydrogen) atoms. The smallest absolute Gasteiger partial charge is 0.126 e. The van der Waals surface area contributed by atoms with Crippen LogP contribution in [0.4, 0.5) is 0 Å². The molecular formula is C17H21N3S. The van der Waals surface area contributed by atoms with Crippen LogP contribution in [0.25, 0.3) is 11.0 Å². The van der Waals surface area contributed by atoms with Crippen molar-refractivity contribution in [2.45, 2.75) is 32.4 Å². The number of thiophene rings is 1. The van der Waals surface area contributed by atoms with Gasteiger partial charge in [0.25, 0.3) is 0 Å². The van der Waals surface area contributed by atoms with Crippen molar-refractivity contribution in [2.24, 2.45) is 7.05 Å². The standard InChI is InChI=1S/C17H21N3S/c1-12(10-14-8-9-21-11-14)18-13(2)17-19-15-6-4-5-7-16(15)20(17)3/h4-9,11-13,18H,10H2,1-3H3. The molecule has 2 aromatic heterocycles. The molecule has 2 atom stereocenters. The normalized spacial score (nSPS) is 14.4. The van der Waals surface area contributed by atoms with E-state index >= 15 is 0 Å². The van der Waals surface area contributed by atoms with Crippen molar-refractivity contribution in [1.29, 1.82) is 0 Å². The quantitative estimate of drug-likeness (QED) is 0.774. The molecule has 3 nitrogen and oxygen atoms in total. The molecule has 2 heterocycles. The highest BCUT2D eigenvalue weighted by Crippen LogP contribution is 2.20. The SMILES string of the molecule is CC(Cc1ccsc1)NC(C)c1nc2ccccc2n1C.